The Balaban J connectivity index is 2.24. The fourth-order valence-electron chi connectivity index (χ4n) is 1.79. The van der Waals surface area contributed by atoms with Gasteiger partial charge in [0.05, 0.1) is 23.8 Å². The predicted octanol–water partition coefficient (Wildman–Crippen LogP) is 2.49. The van der Waals surface area contributed by atoms with Crippen LogP contribution in [0, 0.1) is 11.6 Å². The van der Waals surface area contributed by atoms with Gasteiger partial charge in [-0.2, -0.15) is 0 Å². The van der Waals surface area contributed by atoms with Crippen LogP contribution in [0.1, 0.15) is 0 Å². The molecule has 0 spiro atoms. The molecule has 0 aromatic carbocycles. The number of pyridine rings is 2. The smallest absolute Gasteiger partial charge is 0.164 e. The van der Waals surface area contributed by atoms with Gasteiger partial charge in [-0.15, -0.1) is 0 Å². The van der Waals surface area contributed by atoms with Crippen LogP contribution in [0.4, 0.5) is 14.5 Å². The minimum atomic E-state index is -0.581. The van der Waals surface area contributed by atoms with Gasteiger partial charge in [0.25, 0.3) is 0 Å². The van der Waals surface area contributed by atoms with Crippen LogP contribution in [0.2, 0.25) is 0 Å². The van der Waals surface area contributed by atoms with Crippen molar-refractivity contribution in [3.05, 3.63) is 42.4 Å². The topological polar surface area (TPSA) is 67.6 Å². The van der Waals surface area contributed by atoms with Gasteiger partial charge >= 0.3 is 0 Å². The molecule has 0 saturated heterocycles. The van der Waals surface area contributed by atoms with Gasteiger partial charge < -0.3 is 10.7 Å². The molecule has 3 aromatic rings. The molecule has 6 heteroatoms. The number of nitrogen functional groups attached to an aromatic ring is 1. The summed E-state index contributed by atoms with van der Waals surface area (Å²) in [6, 6.07) is 2.75. The molecule has 3 heterocycles. The molecule has 0 radical (unpaired) electrons. The number of aromatic nitrogens is 3. The molecular weight excluding hydrogens is 238 g/mol. The number of hydrogen-bond donors (Lipinski definition) is 2. The van der Waals surface area contributed by atoms with E-state index in [0.29, 0.717) is 22.3 Å². The lowest BCUT2D eigenvalue weighted by Crippen LogP contribution is -1.93. The Morgan fingerprint density at radius 2 is 1.94 bits per heavy atom. The summed E-state index contributed by atoms with van der Waals surface area (Å²) in [5, 5.41) is 0.577. The molecule has 3 aromatic heterocycles. The van der Waals surface area contributed by atoms with E-state index in [0.717, 1.165) is 12.4 Å². The van der Waals surface area contributed by atoms with Gasteiger partial charge in [-0.1, -0.05) is 0 Å². The second-order valence-electron chi connectivity index (χ2n) is 3.84. The van der Waals surface area contributed by atoms with Gasteiger partial charge in [0.15, 0.2) is 5.82 Å². The number of rotatable bonds is 1. The standard InChI is InChI=1S/C12H8F2N4/c13-6-1-7-8(4-18-12(7)17-3-6)11-2-10(15)9(14)5-16-11/h1-5H,(H2,15,16)(H,17,18). The number of anilines is 1. The van der Waals surface area contributed by atoms with E-state index in [1.807, 2.05) is 0 Å². The first-order valence-electron chi connectivity index (χ1n) is 5.19. The average molecular weight is 246 g/mol. The van der Waals surface area contributed by atoms with Crippen LogP contribution in [-0.2, 0) is 0 Å². The molecule has 0 atom stereocenters. The summed E-state index contributed by atoms with van der Waals surface area (Å²) in [4.78, 5) is 10.7. The molecule has 3 rings (SSSR count). The zero-order valence-corrected chi connectivity index (χ0v) is 9.11. The van der Waals surface area contributed by atoms with Gasteiger partial charge in [-0.3, -0.25) is 4.98 Å². The largest absolute Gasteiger partial charge is 0.396 e. The zero-order chi connectivity index (χ0) is 12.7. The monoisotopic (exact) mass is 246 g/mol. The highest BCUT2D eigenvalue weighted by Gasteiger charge is 2.10. The van der Waals surface area contributed by atoms with Crippen molar-refractivity contribution in [2.75, 3.05) is 5.73 Å². The molecule has 0 amide bonds. The molecule has 18 heavy (non-hydrogen) atoms. The number of hydrogen-bond acceptors (Lipinski definition) is 3. The molecular formula is C12H8F2N4. The lowest BCUT2D eigenvalue weighted by molar-refractivity contribution is 0.624. The minimum absolute atomic E-state index is 0.00119. The van der Waals surface area contributed by atoms with Crippen LogP contribution in [-0.4, -0.2) is 15.0 Å². The third-order valence-electron chi connectivity index (χ3n) is 2.66. The van der Waals surface area contributed by atoms with Crippen LogP contribution in [0.15, 0.2) is 30.7 Å². The maximum Gasteiger partial charge on any atom is 0.164 e. The van der Waals surface area contributed by atoms with Gasteiger partial charge in [-0.05, 0) is 12.1 Å². The number of aromatic amines is 1. The number of nitrogens with zero attached hydrogens (tertiary/aromatic N) is 2. The van der Waals surface area contributed by atoms with Crippen molar-refractivity contribution in [3.8, 4) is 11.3 Å². The summed E-state index contributed by atoms with van der Waals surface area (Å²) in [7, 11) is 0. The molecule has 0 aliphatic rings. The highest BCUT2D eigenvalue weighted by atomic mass is 19.1. The van der Waals surface area contributed by atoms with Gasteiger partial charge in [0, 0.05) is 17.1 Å². The number of halogens is 2. The van der Waals surface area contributed by atoms with E-state index in [-0.39, 0.29) is 5.69 Å². The lowest BCUT2D eigenvalue weighted by Gasteiger charge is -2.01. The molecule has 0 bridgehead atoms. The first-order valence-corrected chi connectivity index (χ1v) is 5.19. The quantitative estimate of drug-likeness (QED) is 0.693. The van der Waals surface area contributed by atoms with Crippen molar-refractivity contribution >= 4 is 16.7 Å². The number of fused-ring (bicyclic) bond motifs is 1. The molecule has 0 fully saturated rings. The van der Waals surface area contributed by atoms with E-state index < -0.39 is 11.6 Å². The first-order chi connectivity index (χ1) is 8.65. The Morgan fingerprint density at radius 1 is 1.11 bits per heavy atom. The van der Waals surface area contributed by atoms with Crippen LogP contribution in [0.5, 0.6) is 0 Å². The van der Waals surface area contributed by atoms with Crippen molar-refractivity contribution in [1.82, 2.24) is 15.0 Å². The molecule has 4 nitrogen and oxygen atoms in total. The fraction of sp³-hybridized carbons (Fsp3) is 0. The second kappa shape index (κ2) is 3.76. The third kappa shape index (κ3) is 1.58. The molecule has 3 N–H and O–H groups in total. The Bertz CT molecular complexity index is 736. The number of H-pyrrole nitrogens is 1. The zero-order valence-electron chi connectivity index (χ0n) is 9.11. The third-order valence-corrected chi connectivity index (χ3v) is 2.66. The summed E-state index contributed by atoms with van der Waals surface area (Å²) in [6.07, 6.45) is 3.79. The van der Waals surface area contributed by atoms with E-state index in [2.05, 4.69) is 15.0 Å². The second-order valence-corrected chi connectivity index (χ2v) is 3.84. The summed E-state index contributed by atoms with van der Waals surface area (Å²) in [5.74, 6) is -1.03. The fourth-order valence-corrected chi connectivity index (χ4v) is 1.79. The van der Waals surface area contributed by atoms with Crippen molar-refractivity contribution < 1.29 is 8.78 Å². The summed E-state index contributed by atoms with van der Waals surface area (Å²) >= 11 is 0. The van der Waals surface area contributed by atoms with E-state index in [9.17, 15) is 8.78 Å². The Morgan fingerprint density at radius 3 is 2.72 bits per heavy atom. The van der Waals surface area contributed by atoms with E-state index in [1.165, 1.54) is 12.1 Å². The van der Waals surface area contributed by atoms with E-state index in [4.69, 9.17) is 5.73 Å². The SMILES string of the molecule is Nc1cc(-c2c[nH]c3ncc(F)cc23)ncc1F. The molecule has 0 unspecified atom stereocenters. The Hall–Kier alpha value is -2.50. The number of nitrogens with two attached hydrogens (primary N) is 1. The molecule has 0 aliphatic carbocycles. The van der Waals surface area contributed by atoms with Crippen molar-refractivity contribution in [3.63, 3.8) is 0 Å². The van der Waals surface area contributed by atoms with Crippen LogP contribution in [0.25, 0.3) is 22.3 Å². The normalized spacial score (nSPS) is 11.0. The summed E-state index contributed by atoms with van der Waals surface area (Å²) in [5.41, 5.74) is 7.12. The van der Waals surface area contributed by atoms with E-state index >= 15 is 0 Å². The highest BCUT2D eigenvalue weighted by Crippen LogP contribution is 2.28. The highest BCUT2D eigenvalue weighted by molar-refractivity contribution is 5.92. The lowest BCUT2D eigenvalue weighted by atomic mass is 10.1. The molecule has 90 valence electrons. The summed E-state index contributed by atoms with van der Waals surface area (Å²) in [6.45, 7) is 0. The maximum absolute atomic E-state index is 13.2. The predicted molar refractivity (Wildman–Crippen MR) is 63.7 cm³/mol. The summed E-state index contributed by atoms with van der Waals surface area (Å²) < 4.78 is 26.2. The van der Waals surface area contributed by atoms with Crippen LogP contribution >= 0.6 is 0 Å². The van der Waals surface area contributed by atoms with Gasteiger partial charge in [0.2, 0.25) is 0 Å². The molecule has 0 aliphatic heterocycles. The van der Waals surface area contributed by atoms with Gasteiger partial charge in [-0.25, -0.2) is 13.8 Å². The van der Waals surface area contributed by atoms with Crippen LogP contribution < -0.4 is 5.73 Å². The van der Waals surface area contributed by atoms with Gasteiger partial charge in [0.1, 0.15) is 11.5 Å². The Labute approximate surface area is 100 Å². The van der Waals surface area contributed by atoms with Crippen molar-refractivity contribution in [2.24, 2.45) is 0 Å². The molecule has 0 saturated carbocycles. The Kier molecular flexibility index (Phi) is 2.22. The van der Waals surface area contributed by atoms with Crippen molar-refractivity contribution in [1.29, 1.82) is 0 Å². The maximum atomic E-state index is 13.2. The minimum Gasteiger partial charge on any atom is -0.396 e. The average Bonchev–Trinajstić information content (AvgIpc) is 2.75. The first kappa shape index (κ1) is 10.6. The van der Waals surface area contributed by atoms with E-state index in [1.54, 1.807) is 6.20 Å². The van der Waals surface area contributed by atoms with Crippen molar-refractivity contribution in [2.45, 2.75) is 0 Å². The van der Waals surface area contributed by atoms with Crippen LogP contribution in [0.3, 0.4) is 0 Å². The number of nitrogens with one attached hydrogen (secondary N) is 1.